The molecule has 1 atom stereocenters. The Labute approximate surface area is 139 Å². The summed E-state index contributed by atoms with van der Waals surface area (Å²) in [5, 5.41) is 9.91. The largest absolute Gasteiger partial charge is 0.353 e. The second-order valence-corrected chi connectivity index (χ2v) is 6.71. The maximum atomic E-state index is 12.0. The number of nitrogens with one attached hydrogen (secondary N) is 2. The quantitative estimate of drug-likeness (QED) is 0.758. The second kappa shape index (κ2) is 8.01. The van der Waals surface area contributed by atoms with Crippen LogP contribution in [0, 0.1) is 5.92 Å². The monoisotopic (exact) mass is 334 g/mol. The normalized spacial score (nSPS) is 12.3. The van der Waals surface area contributed by atoms with Crippen molar-refractivity contribution in [2.24, 2.45) is 5.92 Å². The SMILES string of the molecule is CC(C)[C@@H](C)NC(=O)CSc1n[nH]c(=O)n1Cc1ccccc1. The van der Waals surface area contributed by atoms with Crippen LogP contribution in [0.4, 0.5) is 0 Å². The van der Waals surface area contributed by atoms with Gasteiger partial charge in [0.25, 0.3) is 0 Å². The number of aromatic amines is 1. The topological polar surface area (TPSA) is 79.8 Å². The van der Waals surface area contributed by atoms with Crippen molar-refractivity contribution < 1.29 is 4.79 Å². The van der Waals surface area contributed by atoms with Crippen LogP contribution in [0.3, 0.4) is 0 Å². The fourth-order valence-electron chi connectivity index (χ4n) is 1.91. The lowest BCUT2D eigenvalue weighted by Gasteiger charge is -2.17. The molecule has 1 aromatic heterocycles. The number of benzene rings is 1. The minimum Gasteiger partial charge on any atom is -0.353 e. The third-order valence-electron chi connectivity index (χ3n) is 3.63. The van der Waals surface area contributed by atoms with Gasteiger partial charge in [-0.05, 0) is 18.4 Å². The van der Waals surface area contributed by atoms with Gasteiger partial charge in [0.05, 0.1) is 12.3 Å². The predicted octanol–water partition coefficient (Wildman–Crippen LogP) is 1.87. The van der Waals surface area contributed by atoms with Crippen LogP contribution in [-0.2, 0) is 11.3 Å². The zero-order chi connectivity index (χ0) is 16.8. The van der Waals surface area contributed by atoms with Crippen molar-refractivity contribution in [3.8, 4) is 0 Å². The van der Waals surface area contributed by atoms with Gasteiger partial charge in [0.2, 0.25) is 5.91 Å². The first-order valence-corrected chi connectivity index (χ1v) is 8.57. The molecule has 2 rings (SSSR count). The maximum Gasteiger partial charge on any atom is 0.344 e. The van der Waals surface area contributed by atoms with E-state index < -0.39 is 0 Å². The summed E-state index contributed by atoms with van der Waals surface area (Å²) in [6, 6.07) is 9.80. The van der Waals surface area contributed by atoms with E-state index in [-0.39, 0.29) is 23.4 Å². The lowest BCUT2D eigenvalue weighted by molar-refractivity contribution is -0.119. The summed E-state index contributed by atoms with van der Waals surface area (Å²) in [6.45, 7) is 6.53. The summed E-state index contributed by atoms with van der Waals surface area (Å²) in [4.78, 5) is 23.8. The smallest absolute Gasteiger partial charge is 0.344 e. The molecule has 0 bridgehead atoms. The lowest BCUT2D eigenvalue weighted by atomic mass is 10.1. The Bertz CT molecular complexity index is 694. The highest BCUT2D eigenvalue weighted by Crippen LogP contribution is 2.14. The standard InChI is InChI=1S/C16H22N4O2S/c1-11(2)12(3)17-14(21)10-23-16-19-18-15(22)20(16)9-13-7-5-4-6-8-13/h4-8,11-12H,9-10H2,1-3H3,(H,17,21)(H,18,22)/t12-/m1/s1. The number of carbonyl (C=O) groups is 1. The molecule has 0 aliphatic rings. The molecule has 0 aliphatic carbocycles. The molecule has 1 aromatic carbocycles. The molecule has 2 N–H and O–H groups in total. The van der Waals surface area contributed by atoms with E-state index in [1.807, 2.05) is 37.3 Å². The first-order chi connectivity index (χ1) is 11.0. The van der Waals surface area contributed by atoms with Gasteiger partial charge in [0.15, 0.2) is 5.16 Å². The number of thioether (sulfide) groups is 1. The van der Waals surface area contributed by atoms with E-state index in [2.05, 4.69) is 29.4 Å². The molecular formula is C16H22N4O2S. The van der Waals surface area contributed by atoms with E-state index in [1.54, 1.807) is 4.57 Å². The van der Waals surface area contributed by atoms with Crippen molar-refractivity contribution in [1.29, 1.82) is 0 Å². The molecule has 2 aromatic rings. The number of H-pyrrole nitrogens is 1. The predicted molar refractivity (Wildman–Crippen MR) is 91.6 cm³/mol. The molecule has 0 spiro atoms. The van der Waals surface area contributed by atoms with E-state index in [4.69, 9.17) is 0 Å². The molecular weight excluding hydrogens is 312 g/mol. The molecule has 1 heterocycles. The minimum absolute atomic E-state index is 0.0575. The van der Waals surface area contributed by atoms with Gasteiger partial charge in [0.1, 0.15) is 0 Å². The van der Waals surface area contributed by atoms with E-state index in [1.165, 1.54) is 11.8 Å². The van der Waals surface area contributed by atoms with Crippen LogP contribution in [0.2, 0.25) is 0 Å². The zero-order valence-electron chi connectivity index (χ0n) is 13.6. The average Bonchev–Trinajstić information content (AvgIpc) is 2.87. The van der Waals surface area contributed by atoms with Gasteiger partial charge < -0.3 is 5.32 Å². The van der Waals surface area contributed by atoms with Gasteiger partial charge in [-0.3, -0.25) is 9.36 Å². The number of aromatic nitrogens is 3. The van der Waals surface area contributed by atoms with Crippen LogP contribution in [0.25, 0.3) is 0 Å². The first-order valence-electron chi connectivity index (χ1n) is 7.58. The Balaban J connectivity index is 1.99. The number of hydrogen-bond donors (Lipinski definition) is 2. The summed E-state index contributed by atoms with van der Waals surface area (Å²) in [6.07, 6.45) is 0. The van der Waals surface area contributed by atoms with Crippen molar-refractivity contribution in [3.63, 3.8) is 0 Å². The highest BCUT2D eigenvalue weighted by atomic mass is 32.2. The van der Waals surface area contributed by atoms with Gasteiger partial charge in [0, 0.05) is 6.04 Å². The van der Waals surface area contributed by atoms with Gasteiger partial charge in [-0.1, -0.05) is 55.9 Å². The molecule has 0 saturated heterocycles. The zero-order valence-corrected chi connectivity index (χ0v) is 14.4. The summed E-state index contributed by atoms with van der Waals surface area (Å²) in [7, 11) is 0. The van der Waals surface area contributed by atoms with Gasteiger partial charge in [-0.25, -0.2) is 9.89 Å². The maximum absolute atomic E-state index is 12.0. The third-order valence-corrected chi connectivity index (χ3v) is 4.60. The van der Waals surface area contributed by atoms with Gasteiger partial charge >= 0.3 is 5.69 Å². The Morgan fingerprint density at radius 2 is 2.00 bits per heavy atom. The summed E-state index contributed by atoms with van der Waals surface area (Å²) in [5.41, 5.74) is 0.739. The number of amides is 1. The van der Waals surface area contributed by atoms with E-state index in [0.29, 0.717) is 17.6 Å². The summed E-state index contributed by atoms with van der Waals surface area (Å²) in [5.74, 6) is 0.555. The van der Waals surface area contributed by atoms with Crippen LogP contribution in [0.15, 0.2) is 40.3 Å². The molecule has 6 nitrogen and oxygen atoms in total. The van der Waals surface area contributed by atoms with Crippen LogP contribution in [0.1, 0.15) is 26.3 Å². The fourth-order valence-corrected chi connectivity index (χ4v) is 2.67. The lowest BCUT2D eigenvalue weighted by Crippen LogP contribution is -2.37. The fraction of sp³-hybridized carbons (Fsp3) is 0.438. The second-order valence-electron chi connectivity index (χ2n) is 5.77. The summed E-state index contributed by atoms with van der Waals surface area (Å²) < 4.78 is 1.54. The van der Waals surface area contributed by atoms with Gasteiger partial charge in [-0.15, -0.1) is 5.10 Å². The number of nitrogens with zero attached hydrogens (tertiary/aromatic N) is 2. The van der Waals surface area contributed by atoms with E-state index in [9.17, 15) is 9.59 Å². The molecule has 0 radical (unpaired) electrons. The van der Waals surface area contributed by atoms with Crippen LogP contribution >= 0.6 is 11.8 Å². The highest BCUT2D eigenvalue weighted by Gasteiger charge is 2.14. The third kappa shape index (κ3) is 4.99. The Kier molecular flexibility index (Phi) is 6.04. The molecule has 0 aliphatic heterocycles. The van der Waals surface area contributed by atoms with E-state index >= 15 is 0 Å². The van der Waals surface area contributed by atoms with Crippen molar-refractivity contribution in [3.05, 3.63) is 46.4 Å². The van der Waals surface area contributed by atoms with Gasteiger partial charge in [-0.2, -0.15) is 0 Å². The number of rotatable bonds is 7. The number of hydrogen-bond acceptors (Lipinski definition) is 4. The van der Waals surface area contributed by atoms with E-state index in [0.717, 1.165) is 5.56 Å². The summed E-state index contributed by atoms with van der Waals surface area (Å²) >= 11 is 1.26. The molecule has 7 heteroatoms. The van der Waals surface area contributed by atoms with Crippen molar-refractivity contribution in [1.82, 2.24) is 20.1 Å². The van der Waals surface area contributed by atoms with Crippen molar-refractivity contribution in [2.75, 3.05) is 5.75 Å². The Hall–Kier alpha value is -2.02. The minimum atomic E-state index is -0.271. The molecule has 1 amide bonds. The molecule has 0 unspecified atom stereocenters. The molecule has 23 heavy (non-hydrogen) atoms. The molecule has 0 fully saturated rings. The van der Waals surface area contributed by atoms with Crippen LogP contribution in [-0.4, -0.2) is 32.5 Å². The van der Waals surface area contributed by atoms with Crippen LogP contribution < -0.4 is 11.0 Å². The molecule has 0 saturated carbocycles. The molecule has 124 valence electrons. The number of carbonyl (C=O) groups excluding carboxylic acids is 1. The van der Waals surface area contributed by atoms with Crippen molar-refractivity contribution in [2.45, 2.75) is 38.5 Å². The highest BCUT2D eigenvalue weighted by molar-refractivity contribution is 7.99. The average molecular weight is 334 g/mol. The Morgan fingerprint density at radius 1 is 1.30 bits per heavy atom. The first kappa shape index (κ1) is 17.3. The van der Waals surface area contributed by atoms with Crippen molar-refractivity contribution >= 4 is 17.7 Å². The Morgan fingerprint density at radius 3 is 2.65 bits per heavy atom. The van der Waals surface area contributed by atoms with Crippen LogP contribution in [0.5, 0.6) is 0 Å².